The summed E-state index contributed by atoms with van der Waals surface area (Å²) in [5, 5.41) is 9.10. The molecule has 0 aliphatic heterocycles. The molecule has 0 bridgehead atoms. The Morgan fingerprint density at radius 3 is 2.61 bits per heavy atom. The molecule has 18 heavy (non-hydrogen) atoms. The van der Waals surface area contributed by atoms with E-state index in [9.17, 15) is 13.6 Å². The molecule has 1 heterocycles. The van der Waals surface area contributed by atoms with Gasteiger partial charge in [-0.05, 0) is 24.3 Å². The summed E-state index contributed by atoms with van der Waals surface area (Å²) in [6.07, 6.45) is -1.63. The summed E-state index contributed by atoms with van der Waals surface area (Å²) in [4.78, 5) is 15.5. The molecule has 8 heteroatoms. The first kappa shape index (κ1) is 12.5. The Morgan fingerprint density at radius 1 is 1.33 bits per heavy atom. The zero-order chi connectivity index (χ0) is 13.0. The van der Waals surface area contributed by atoms with Crippen molar-refractivity contribution in [2.24, 2.45) is 0 Å². The summed E-state index contributed by atoms with van der Waals surface area (Å²) < 4.78 is 24.0. The number of aromatic nitrogens is 3. The van der Waals surface area contributed by atoms with Crippen LogP contribution in [0.3, 0.4) is 0 Å². The Balaban J connectivity index is 1.99. The lowest BCUT2D eigenvalue weighted by Crippen LogP contribution is -2.19. The Morgan fingerprint density at radius 2 is 2.06 bits per heavy atom. The van der Waals surface area contributed by atoms with Crippen LogP contribution in [0, 0.1) is 0 Å². The Bertz CT molecular complexity index is 515. The molecule has 94 valence electrons. The van der Waals surface area contributed by atoms with E-state index in [0.29, 0.717) is 10.8 Å². The molecule has 0 fully saturated rings. The van der Waals surface area contributed by atoms with E-state index in [1.807, 2.05) is 0 Å². The third-order valence-corrected chi connectivity index (χ3v) is 2.83. The third kappa shape index (κ3) is 3.27. The predicted molar refractivity (Wildman–Crippen MR) is 61.6 cm³/mol. The van der Waals surface area contributed by atoms with Crippen LogP contribution in [0.15, 0.2) is 40.6 Å². The molecular formula is C10H8F2N4OS. The Hall–Kier alpha value is -1.96. The number of alkyl halides is 2. The monoisotopic (exact) mass is 270 g/mol. The first-order chi connectivity index (χ1) is 8.65. The number of benzene rings is 1. The fraction of sp³-hybridized carbons (Fsp3) is 0.100. The molecule has 5 nitrogen and oxygen atoms in total. The number of nitrogens with zero attached hydrogens (tertiary/aromatic N) is 2. The number of hydrogen-bond acceptors (Lipinski definition) is 4. The van der Waals surface area contributed by atoms with Gasteiger partial charge in [0.2, 0.25) is 0 Å². The van der Waals surface area contributed by atoms with E-state index >= 15 is 0 Å². The molecule has 0 radical (unpaired) electrons. The average molecular weight is 270 g/mol. The molecule has 2 rings (SSSR count). The van der Waals surface area contributed by atoms with Crippen LogP contribution in [0.25, 0.3) is 0 Å². The number of carbonyl (C=O) groups excluding carboxylic acids is 1. The van der Waals surface area contributed by atoms with Crippen LogP contribution in [0.2, 0.25) is 0 Å². The van der Waals surface area contributed by atoms with Gasteiger partial charge in [-0.1, -0.05) is 11.8 Å². The second-order valence-corrected chi connectivity index (χ2v) is 4.27. The highest BCUT2D eigenvalue weighted by Crippen LogP contribution is 2.25. The largest absolute Gasteiger partial charge is 0.321 e. The normalized spacial score (nSPS) is 10.6. The van der Waals surface area contributed by atoms with Gasteiger partial charge in [-0.3, -0.25) is 9.89 Å². The van der Waals surface area contributed by atoms with Crippen molar-refractivity contribution in [3.05, 3.63) is 30.6 Å². The lowest BCUT2D eigenvalue weighted by molar-refractivity contribution is -0.126. The van der Waals surface area contributed by atoms with Crippen molar-refractivity contribution in [1.82, 2.24) is 15.2 Å². The third-order valence-electron chi connectivity index (χ3n) is 1.93. The number of hydrogen-bond donors (Lipinski definition) is 2. The van der Waals surface area contributed by atoms with Gasteiger partial charge < -0.3 is 5.32 Å². The van der Waals surface area contributed by atoms with Gasteiger partial charge in [0.15, 0.2) is 5.16 Å². The SMILES string of the molecule is O=C(Nc1ccc(Sc2ncn[nH]2)cc1)C(F)F. The van der Waals surface area contributed by atoms with E-state index in [1.54, 1.807) is 24.3 Å². The van der Waals surface area contributed by atoms with Crippen LogP contribution in [-0.4, -0.2) is 27.5 Å². The zero-order valence-electron chi connectivity index (χ0n) is 8.93. The van der Waals surface area contributed by atoms with E-state index in [0.717, 1.165) is 4.90 Å². The number of aromatic amines is 1. The Kier molecular flexibility index (Phi) is 3.88. The molecule has 1 aromatic heterocycles. The standard InChI is InChI=1S/C10H8F2N4OS/c11-8(12)9(17)15-6-1-3-7(4-2-6)18-10-13-5-14-16-10/h1-5,8H,(H,15,17)(H,13,14,16). The number of carbonyl (C=O) groups is 1. The van der Waals surface area contributed by atoms with Gasteiger partial charge >= 0.3 is 6.43 Å². The van der Waals surface area contributed by atoms with E-state index < -0.39 is 12.3 Å². The number of rotatable bonds is 4. The molecule has 0 saturated carbocycles. The predicted octanol–water partition coefficient (Wildman–Crippen LogP) is 2.16. The molecule has 2 aromatic rings. The van der Waals surface area contributed by atoms with Crippen molar-refractivity contribution in [2.45, 2.75) is 16.5 Å². The van der Waals surface area contributed by atoms with Crippen LogP contribution >= 0.6 is 11.8 Å². The van der Waals surface area contributed by atoms with Crippen molar-refractivity contribution in [3.63, 3.8) is 0 Å². The summed E-state index contributed by atoms with van der Waals surface area (Å²) in [6, 6.07) is 6.46. The van der Waals surface area contributed by atoms with E-state index in [-0.39, 0.29) is 0 Å². The summed E-state index contributed by atoms with van der Waals surface area (Å²) >= 11 is 1.34. The van der Waals surface area contributed by atoms with Gasteiger partial charge in [0.1, 0.15) is 6.33 Å². The van der Waals surface area contributed by atoms with Crippen LogP contribution in [0.4, 0.5) is 14.5 Å². The molecule has 0 spiro atoms. The summed E-state index contributed by atoms with van der Waals surface area (Å²) in [7, 11) is 0. The summed E-state index contributed by atoms with van der Waals surface area (Å²) in [5.41, 5.74) is 0.321. The van der Waals surface area contributed by atoms with Gasteiger partial charge in [0.05, 0.1) is 0 Å². The Labute approximate surface area is 105 Å². The van der Waals surface area contributed by atoms with Gasteiger partial charge in [0, 0.05) is 10.6 Å². The first-order valence-electron chi connectivity index (χ1n) is 4.87. The summed E-state index contributed by atoms with van der Waals surface area (Å²) in [6.45, 7) is 0. The first-order valence-corrected chi connectivity index (χ1v) is 5.69. The summed E-state index contributed by atoms with van der Waals surface area (Å²) in [5.74, 6) is -1.31. The fourth-order valence-electron chi connectivity index (χ4n) is 1.16. The number of anilines is 1. The molecule has 0 saturated heterocycles. The maximum atomic E-state index is 12.0. The molecule has 1 aromatic carbocycles. The van der Waals surface area contributed by atoms with Crippen molar-refractivity contribution in [2.75, 3.05) is 5.32 Å². The minimum absolute atomic E-state index is 0.321. The van der Waals surface area contributed by atoms with Gasteiger partial charge in [-0.2, -0.15) is 13.9 Å². The number of halogens is 2. The quantitative estimate of drug-likeness (QED) is 0.893. The van der Waals surface area contributed by atoms with E-state index in [2.05, 4.69) is 20.5 Å². The molecule has 0 atom stereocenters. The van der Waals surface area contributed by atoms with Crippen LogP contribution < -0.4 is 5.32 Å². The molecule has 2 N–H and O–H groups in total. The van der Waals surface area contributed by atoms with Crippen molar-refractivity contribution >= 4 is 23.4 Å². The van der Waals surface area contributed by atoms with Gasteiger partial charge in [-0.15, -0.1) is 0 Å². The second-order valence-electron chi connectivity index (χ2n) is 3.21. The molecule has 0 aliphatic rings. The minimum atomic E-state index is -3.02. The highest BCUT2D eigenvalue weighted by atomic mass is 32.2. The van der Waals surface area contributed by atoms with Gasteiger partial charge in [0.25, 0.3) is 5.91 Å². The van der Waals surface area contributed by atoms with E-state index in [4.69, 9.17) is 0 Å². The lowest BCUT2D eigenvalue weighted by atomic mass is 10.3. The highest BCUT2D eigenvalue weighted by molar-refractivity contribution is 7.99. The fourth-order valence-corrected chi connectivity index (χ4v) is 1.85. The molecule has 1 amide bonds. The van der Waals surface area contributed by atoms with Crippen molar-refractivity contribution < 1.29 is 13.6 Å². The lowest BCUT2D eigenvalue weighted by Gasteiger charge is -2.04. The van der Waals surface area contributed by atoms with Crippen LogP contribution in [0.5, 0.6) is 0 Å². The number of H-pyrrole nitrogens is 1. The second kappa shape index (κ2) is 5.58. The van der Waals surface area contributed by atoms with Crippen molar-refractivity contribution in [3.8, 4) is 0 Å². The highest BCUT2D eigenvalue weighted by Gasteiger charge is 2.14. The smallest absolute Gasteiger partial charge is 0.315 e. The van der Waals surface area contributed by atoms with Crippen molar-refractivity contribution in [1.29, 1.82) is 0 Å². The topological polar surface area (TPSA) is 70.7 Å². The minimum Gasteiger partial charge on any atom is -0.321 e. The number of amides is 1. The van der Waals surface area contributed by atoms with E-state index in [1.165, 1.54) is 18.1 Å². The zero-order valence-corrected chi connectivity index (χ0v) is 9.75. The molecule has 0 aliphatic carbocycles. The molecular weight excluding hydrogens is 262 g/mol. The number of nitrogens with one attached hydrogen (secondary N) is 2. The molecule has 0 unspecified atom stereocenters. The maximum absolute atomic E-state index is 12.0. The average Bonchev–Trinajstić information content (AvgIpc) is 2.84. The van der Waals surface area contributed by atoms with Gasteiger partial charge in [-0.25, -0.2) is 4.98 Å². The van der Waals surface area contributed by atoms with Crippen LogP contribution in [-0.2, 0) is 4.79 Å². The van der Waals surface area contributed by atoms with Crippen LogP contribution in [0.1, 0.15) is 0 Å². The maximum Gasteiger partial charge on any atom is 0.315 e.